The van der Waals surface area contributed by atoms with Gasteiger partial charge in [-0.1, -0.05) is 29.8 Å². The molecule has 0 aliphatic rings. The van der Waals surface area contributed by atoms with Crippen molar-refractivity contribution in [3.8, 4) is 0 Å². The molecule has 0 spiro atoms. The fourth-order valence-corrected chi connectivity index (χ4v) is 2.59. The monoisotopic (exact) mass is 323 g/mol. The molecule has 2 aromatic carbocycles. The van der Waals surface area contributed by atoms with Crippen molar-refractivity contribution in [3.63, 3.8) is 0 Å². The van der Waals surface area contributed by atoms with Crippen LogP contribution in [0.3, 0.4) is 0 Å². The van der Waals surface area contributed by atoms with Crippen LogP contribution in [-0.4, -0.2) is 27.0 Å². The number of benzene rings is 2. The van der Waals surface area contributed by atoms with Gasteiger partial charge in [-0.2, -0.15) is 0 Å². The average Bonchev–Trinajstić information content (AvgIpc) is 2.44. The molecule has 4 nitrogen and oxygen atoms in total. The van der Waals surface area contributed by atoms with E-state index >= 15 is 0 Å². The molecule has 0 aromatic heterocycles. The largest absolute Gasteiger partial charge is 0.378 e. The first-order chi connectivity index (χ1) is 9.86. The first-order valence-corrected chi connectivity index (χ1v) is 8.46. The SMILES string of the molecule is CS(=O)(=O)c1ccc(C(=O)CNc2cccc(Cl)c2)cc1. The summed E-state index contributed by atoms with van der Waals surface area (Å²) in [4.78, 5) is 12.2. The third-order valence-electron chi connectivity index (χ3n) is 2.88. The van der Waals surface area contributed by atoms with Crippen LogP contribution >= 0.6 is 11.6 Å². The Morgan fingerprint density at radius 1 is 1.14 bits per heavy atom. The number of rotatable bonds is 5. The van der Waals surface area contributed by atoms with E-state index < -0.39 is 9.84 Å². The second-order valence-corrected chi connectivity index (χ2v) is 7.04. The lowest BCUT2D eigenvalue weighted by atomic mass is 10.1. The van der Waals surface area contributed by atoms with Gasteiger partial charge in [0.2, 0.25) is 0 Å². The molecule has 2 aromatic rings. The van der Waals surface area contributed by atoms with Crippen LogP contribution in [0.15, 0.2) is 53.4 Å². The van der Waals surface area contributed by atoms with Crippen LogP contribution in [0, 0.1) is 0 Å². The molecule has 6 heteroatoms. The summed E-state index contributed by atoms with van der Waals surface area (Å²) >= 11 is 5.86. The zero-order valence-corrected chi connectivity index (χ0v) is 12.9. The Balaban J connectivity index is 2.04. The van der Waals surface area contributed by atoms with Crippen LogP contribution in [0.1, 0.15) is 10.4 Å². The average molecular weight is 324 g/mol. The summed E-state index contributed by atoms with van der Waals surface area (Å²) in [6, 6.07) is 13.0. The second kappa shape index (κ2) is 6.28. The zero-order chi connectivity index (χ0) is 15.5. The van der Waals surface area contributed by atoms with Gasteiger partial charge in [0.1, 0.15) is 0 Å². The lowest BCUT2D eigenvalue weighted by Crippen LogP contribution is -2.14. The lowest BCUT2D eigenvalue weighted by molar-refractivity contribution is 0.101. The van der Waals surface area contributed by atoms with Crippen LogP contribution in [0.25, 0.3) is 0 Å². The summed E-state index contributed by atoms with van der Waals surface area (Å²) in [6.45, 7) is 0.110. The van der Waals surface area contributed by atoms with E-state index in [1.165, 1.54) is 24.3 Å². The summed E-state index contributed by atoms with van der Waals surface area (Å²) in [6.07, 6.45) is 1.13. The third-order valence-corrected chi connectivity index (χ3v) is 4.25. The van der Waals surface area contributed by atoms with Gasteiger partial charge in [-0.15, -0.1) is 0 Å². The molecule has 0 heterocycles. The fraction of sp³-hybridized carbons (Fsp3) is 0.133. The molecule has 0 unspecified atom stereocenters. The quantitative estimate of drug-likeness (QED) is 0.859. The van der Waals surface area contributed by atoms with Crippen LogP contribution < -0.4 is 5.32 Å². The van der Waals surface area contributed by atoms with Gasteiger partial charge in [-0.3, -0.25) is 4.79 Å². The van der Waals surface area contributed by atoms with E-state index in [1.807, 2.05) is 6.07 Å². The van der Waals surface area contributed by atoms with Crippen molar-refractivity contribution in [2.24, 2.45) is 0 Å². The maximum absolute atomic E-state index is 12.0. The highest BCUT2D eigenvalue weighted by atomic mass is 35.5. The van der Waals surface area contributed by atoms with E-state index in [-0.39, 0.29) is 17.2 Å². The first kappa shape index (κ1) is 15.5. The van der Waals surface area contributed by atoms with Crippen molar-refractivity contribution in [3.05, 3.63) is 59.1 Å². The number of hydrogen-bond acceptors (Lipinski definition) is 4. The number of carbonyl (C=O) groups excluding carboxylic acids is 1. The predicted octanol–water partition coefficient (Wildman–Crippen LogP) is 3.04. The van der Waals surface area contributed by atoms with Crippen molar-refractivity contribution >= 4 is 32.9 Å². The van der Waals surface area contributed by atoms with E-state index in [1.54, 1.807) is 18.2 Å². The van der Waals surface area contributed by atoms with Gasteiger partial charge in [-0.25, -0.2) is 8.42 Å². The minimum absolute atomic E-state index is 0.110. The minimum atomic E-state index is -3.25. The molecule has 0 atom stereocenters. The van der Waals surface area contributed by atoms with Crippen molar-refractivity contribution in [2.75, 3.05) is 18.1 Å². The molecule has 0 amide bonds. The molecule has 1 N–H and O–H groups in total. The smallest absolute Gasteiger partial charge is 0.181 e. The number of carbonyl (C=O) groups is 1. The van der Waals surface area contributed by atoms with E-state index in [0.717, 1.165) is 11.9 Å². The normalized spacial score (nSPS) is 11.1. The predicted molar refractivity (Wildman–Crippen MR) is 83.8 cm³/mol. The Morgan fingerprint density at radius 3 is 2.38 bits per heavy atom. The minimum Gasteiger partial charge on any atom is -0.378 e. The Labute approximate surface area is 128 Å². The van der Waals surface area contributed by atoms with Gasteiger partial charge in [0.05, 0.1) is 11.4 Å². The molecule has 2 rings (SSSR count). The lowest BCUT2D eigenvalue weighted by Gasteiger charge is -2.06. The molecule has 0 bridgehead atoms. The standard InChI is InChI=1S/C15H14ClNO3S/c1-21(19,20)14-7-5-11(6-8-14)15(18)10-17-13-4-2-3-12(16)9-13/h2-9,17H,10H2,1H3. The Morgan fingerprint density at radius 2 is 1.81 bits per heavy atom. The van der Waals surface area contributed by atoms with Gasteiger partial charge >= 0.3 is 0 Å². The van der Waals surface area contributed by atoms with E-state index in [4.69, 9.17) is 11.6 Å². The van der Waals surface area contributed by atoms with Gasteiger partial charge in [0, 0.05) is 22.5 Å². The summed E-state index contributed by atoms with van der Waals surface area (Å²) in [5.74, 6) is -0.130. The summed E-state index contributed by atoms with van der Waals surface area (Å²) < 4.78 is 22.7. The van der Waals surface area contributed by atoms with Gasteiger partial charge in [0.15, 0.2) is 15.6 Å². The molecule has 0 aliphatic heterocycles. The number of nitrogens with one attached hydrogen (secondary N) is 1. The molecule has 0 fully saturated rings. The number of anilines is 1. The highest BCUT2D eigenvalue weighted by Crippen LogP contribution is 2.15. The second-order valence-electron chi connectivity index (χ2n) is 4.58. The van der Waals surface area contributed by atoms with Crippen molar-refractivity contribution in [2.45, 2.75) is 4.90 Å². The molecule has 0 saturated carbocycles. The van der Waals surface area contributed by atoms with E-state index in [0.29, 0.717) is 10.6 Å². The summed E-state index contributed by atoms with van der Waals surface area (Å²) in [5.41, 5.74) is 1.21. The molecule has 0 radical (unpaired) electrons. The fourth-order valence-electron chi connectivity index (χ4n) is 1.77. The Kier molecular flexibility index (Phi) is 4.65. The highest BCUT2D eigenvalue weighted by Gasteiger charge is 2.09. The Hall–Kier alpha value is -1.85. The molecule has 21 heavy (non-hydrogen) atoms. The topological polar surface area (TPSA) is 63.2 Å². The molecular weight excluding hydrogens is 310 g/mol. The molecule has 0 aliphatic carbocycles. The van der Waals surface area contributed by atoms with Crippen molar-refractivity contribution in [1.29, 1.82) is 0 Å². The van der Waals surface area contributed by atoms with Crippen LogP contribution in [0.2, 0.25) is 5.02 Å². The highest BCUT2D eigenvalue weighted by molar-refractivity contribution is 7.90. The number of sulfone groups is 1. The van der Waals surface area contributed by atoms with Crippen molar-refractivity contribution in [1.82, 2.24) is 0 Å². The van der Waals surface area contributed by atoms with E-state index in [2.05, 4.69) is 5.32 Å². The first-order valence-electron chi connectivity index (χ1n) is 6.19. The van der Waals surface area contributed by atoms with Crippen LogP contribution in [0.5, 0.6) is 0 Å². The molecule has 0 saturated heterocycles. The Bertz CT molecular complexity index is 755. The number of hydrogen-bond donors (Lipinski definition) is 1. The van der Waals surface area contributed by atoms with Gasteiger partial charge < -0.3 is 5.32 Å². The number of Topliss-reactive ketones (excluding diaryl/α,β-unsaturated/α-hetero) is 1. The maximum atomic E-state index is 12.0. The summed E-state index contributed by atoms with van der Waals surface area (Å²) in [7, 11) is -3.25. The maximum Gasteiger partial charge on any atom is 0.181 e. The third kappa shape index (κ3) is 4.31. The zero-order valence-electron chi connectivity index (χ0n) is 11.3. The number of ketones is 1. The van der Waals surface area contributed by atoms with E-state index in [9.17, 15) is 13.2 Å². The van der Waals surface area contributed by atoms with Crippen LogP contribution in [0.4, 0.5) is 5.69 Å². The van der Waals surface area contributed by atoms with Gasteiger partial charge in [0.25, 0.3) is 0 Å². The molecule has 110 valence electrons. The number of halogens is 1. The molecular formula is C15H14ClNO3S. The summed E-state index contributed by atoms with van der Waals surface area (Å²) in [5, 5.41) is 3.56. The van der Waals surface area contributed by atoms with Crippen molar-refractivity contribution < 1.29 is 13.2 Å². The van der Waals surface area contributed by atoms with Crippen LogP contribution in [-0.2, 0) is 9.84 Å². The van der Waals surface area contributed by atoms with Gasteiger partial charge in [-0.05, 0) is 30.3 Å².